The minimum atomic E-state index is -0.657. The number of Topliss-reactive ketones (excluding diaryl/α,β-unsaturated/α-hetero) is 1. The molecule has 49 heavy (non-hydrogen) atoms. The minimum absolute atomic E-state index is 0.139. The lowest BCUT2D eigenvalue weighted by molar-refractivity contribution is -0.120. The molecule has 0 saturated carbocycles. The van der Waals surface area contributed by atoms with Gasteiger partial charge in [0.25, 0.3) is 0 Å². The Bertz CT molecular complexity index is 1980. The zero-order valence-electron chi connectivity index (χ0n) is 28.0. The van der Waals surface area contributed by atoms with Crippen molar-refractivity contribution in [1.82, 2.24) is 24.6 Å². The van der Waals surface area contributed by atoms with Gasteiger partial charge in [0, 0.05) is 47.6 Å². The summed E-state index contributed by atoms with van der Waals surface area (Å²) in [5.74, 6) is 2.44. The monoisotopic (exact) mass is 686 g/mol. The van der Waals surface area contributed by atoms with Crippen LogP contribution in [0.15, 0.2) is 60.8 Å². The van der Waals surface area contributed by atoms with E-state index in [4.69, 9.17) is 40.5 Å². The Kier molecular flexibility index (Phi) is 10.3. The van der Waals surface area contributed by atoms with Gasteiger partial charge in [-0.2, -0.15) is 9.78 Å². The van der Waals surface area contributed by atoms with Crippen LogP contribution in [0.3, 0.4) is 0 Å². The van der Waals surface area contributed by atoms with Crippen molar-refractivity contribution in [3.8, 4) is 22.9 Å². The number of ketones is 1. The number of nitrogens with zero attached hydrogens (tertiary/aromatic N) is 5. The number of morpholine rings is 1. The van der Waals surface area contributed by atoms with Gasteiger partial charge >= 0.3 is 6.09 Å². The topological polar surface area (TPSA) is 130 Å². The molecule has 0 bridgehead atoms. The molecular formula is C36H39ClN6O6. The Hall–Kier alpha value is -4.78. The van der Waals surface area contributed by atoms with Crippen LogP contribution in [0.25, 0.3) is 33.2 Å². The van der Waals surface area contributed by atoms with Crippen LogP contribution in [0.1, 0.15) is 26.3 Å². The van der Waals surface area contributed by atoms with Gasteiger partial charge in [-0.25, -0.2) is 14.8 Å². The summed E-state index contributed by atoms with van der Waals surface area (Å²) < 4.78 is 23.7. The van der Waals surface area contributed by atoms with Crippen molar-refractivity contribution in [3.05, 3.63) is 66.4 Å². The fourth-order valence-electron chi connectivity index (χ4n) is 5.59. The average Bonchev–Trinajstić information content (AvgIpc) is 3.50. The van der Waals surface area contributed by atoms with Crippen LogP contribution in [0.4, 0.5) is 16.3 Å². The summed E-state index contributed by atoms with van der Waals surface area (Å²) >= 11 is 5.92. The van der Waals surface area contributed by atoms with E-state index in [9.17, 15) is 9.59 Å². The fraction of sp³-hybridized carbons (Fsp3) is 0.361. The summed E-state index contributed by atoms with van der Waals surface area (Å²) in [5, 5.41) is 9.13. The molecule has 1 N–H and O–H groups in total. The Labute approximate surface area is 289 Å². The highest BCUT2D eigenvalue weighted by Crippen LogP contribution is 2.37. The number of aromatic nitrogens is 4. The number of anilines is 2. The van der Waals surface area contributed by atoms with Crippen molar-refractivity contribution in [2.45, 2.75) is 32.8 Å². The van der Waals surface area contributed by atoms with Crippen LogP contribution in [0, 0.1) is 0 Å². The summed E-state index contributed by atoms with van der Waals surface area (Å²) in [6.45, 7) is 8.92. The summed E-state index contributed by atoms with van der Waals surface area (Å²) in [5.41, 5.74) is 2.92. The zero-order valence-corrected chi connectivity index (χ0v) is 28.7. The number of nitrogens with one attached hydrogen (secondary N) is 1. The van der Waals surface area contributed by atoms with E-state index in [1.807, 2.05) is 63.2 Å². The molecular weight excluding hydrogens is 648 g/mol. The predicted octanol–water partition coefficient (Wildman–Crippen LogP) is 6.24. The highest BCUT2D eigenvalue weighted by atomic mass is 35.5. The van der Waals surface area contributed by atoms with Gasteiger partial charge in [-0.05, 0) is 56.7 Å². The van der Waals surface area contributed by atoms with Crippen LogP contribution < -0.4 is 14.8 Å². The molecule has 6 rings (SSSR count). The normalized spacial score (nSPS) is 13.8. The molecule has 0 radical (unpaired) electrons. The SMILES string of the molecule is COc1cc2nc(-c3cccc(CC(=O)CN4CCOCC4)c3)nc(Nc3ccc4c(cnn4C(=O)OC(C)(C)C)c3)c2cc1OCCCl. The molecule has 0 unspecified atom stereocenters. The molecule has 12 nitrogen and oxygen atoms in total. The third-order valence-corrected chi connectivity index (χ3v) is 7.96. The Morgan fingerprint density at radius 3 is 2.59 bits per heavy atom. The largest absolute Gasteiger partial charge is 0.493 e. The van der Waals surface area contributed by atoms with Crippen LogP contribution in [0.2, 0.25) is 0 Å². The van der Waals surface area contributed by atoms with Crippen molar-refractivity contribution >= 4 is 56.8 Å². The molecule has 256 valence electrons. The van der Waals surface area contributed by atoms with E-state index >= 15 is 0 Å². The number of carbonyl (C=O) groups is 2. The first-order valence-electron chi connectivity index (χ1n) is 16.1. The molecule has 3 aromatic carbocycles. The van der Waals surface area contributed by atoms with Gasteiger partial charge in [0.2, 0.25) is 0 Å². The Balaban J connectivity index is 1.35. The van der Waals surface area contributed by atoms with Crippen LogP contribution >= 0.6 is 11.6 Å². The number of rotatable bonds is 11. The molecule has 2 aromatic heterocycles. The molecule has 1 aliphatic rings. The third kappa shape index (κ3) is 8.27. The number of ether oxygens (including phenoxy) is 4. The number of carbonyl (C=O) groups excluding carboxylic acids is 2. The number of methoxy groups -OCH3 is 1. The molecule has 5 aromatic rings. The predicted molar refractivity (Wildman–Crippen MR) is 188 cm³/mol. The lowest BCUT2D eigenvalue weighted by Crippen LogP contribution is -2.39. The molecule has 0 spiro atoms. The second kappa shape index (κ2) is 14.8. The van der Waals surface area contributed by atoms with Gasteiger partial charge in [-0.15, -0.1) is 11.6 Å². The van der Waals surface area contributed by atoms with E-state index in [1.165, 1.54) is 4.68 Å². The first kappa shape index (κ1) is 34.1. The van der Waals surface area contributed by atoms with Gasteiger partial charge < -0.3 is 24.3 Å². The van der Waals surface area contributed by atoms with E-state index in [0.717, 1.165) is 29.6 Å². The summed E-state index contributed by atoms with van der Waals surface area (Å²) in [6.07, 6.45) is 1.36. The van der Waals surface area contributed by atoms with Crippen molar-refractivity contribution in [1.29, 1.82) is 0 Å². The molecule has 1 fully saturated rings. The van der Waals surface area contributed by atoms with Crippen LogP contribution in [-0.2, 0) is 20.7 Å². The first-order chi connectivity index (χ1) is 23.6. The second-order valence-electron chi connectivity index (χ2n) is 12.7. The molecule has 0 amide bonds. The highest BCUT2D eigenvalue weighted by molar-refractivity contribution is 6.18. The Morgan fingerprint density at radius 1 is 1.02 bits per heavy atom. The molecule has 1 saturated heterocycles. The molecule has 0 atom stereocenters. The number of halogens is 1. The van der Waals surface area contributed by atoms with E-state index < -0.39 is 11.7 Å². The number of benzene rings is 3. The van der Waals surface area contributed by atoms with Crippen LogP contribution in [-0.4, -0.2) is 94.6 Å². The molecule has 1 aliphatic heterocycles. The summed E-state index contributed by atoms with van der Waals surface area (Å²) in [4.78, 5) is 37.7. The van der Waals surface area contributed by atoms with Crippen molar-refractivity contribution < 1.29 is 28.5 Å². The Morgan fingerprint density at radius 2 is 1.84 bits per heavy atom. The maximum absolute atomic E-state index is 12.9. The van der Waals surface area contributed by atoms with E-state index in [2.05, 4.69) is 15.3 Å². The number of alkyl halides is 1. The van der Waals surface area contributed by atoms with E-state index in [0.29, 0.717) is 83.9 Å². The van der Waals surface area contributed by atoms with Crippen molar-refractivity contribution in [2.75, 3.05) is 57.8 Å². The minimum Gasteiger partial charge on any atom is -0.493 e. The van der Waals surface area contributed by atoms with Crippen molar-refractivity contribution in [2.24, 2.45) is 0 Å². The van der Waals surface area contributed by atoms with E-state index in [1.54, 1.807) is 25.4 Å². The lowest BCUT2D eigenvalue weighted by atomic mass is 10.0. The standard InChI is InChI=1S/C36H39ClN6O6/c1-36(2,3)49-35(45)43-30-9-8-26(18-25(30)21-38-43)39-34-28-19-32(48-13-10-37)31(46-4)20-29(28)40-33(41-34)24-7-5-6-23(16-24)17-27(44)22-42-11-14-47-15-12-42/h5-9,16,18-21H,10-15,17,22H2,1-4H3,(H,39,40,41). The zero-order chi connectivity index (χ0) is 34.5. The molecule has 13 heteroatoms. The smallest absolute Gasteiger partial charge is 0.435 e. The van der Waals surface area contributed by atoms with Gasteiger partial charge in [-0.1, -0.05) is 18.2 Å². The average molecular weight is 687 g/mol. The van der Waals surface area contributed by atoms with Crippen molar-refractivity contribution in [3.63, 3.8) is 0 Å². The van der Waals surface area contributed by atoms with Gasteiger partial charge in [0.1, 0.15) is 18.0 Å². The molecule has 3 heterocycles. The van der Waals surface area contributed by atoms with Gasteiger partial charge in [-0.3, -0.25) is 9.69 Å². The van der Waals surface area contributed by atoms with Gasteiger partial charge in [0.15, 0.2) is 23.1 Å². The fourth-order valence-corrected chi connectivity index (χ4v) is 5.67. The van der Waals surface area contributed by atoms with Crippen LogP contribution in [0.5, 0.6) is 11.5 Å². The quantitative estimate of drug-likeness (QED) is 0.158. The number of hydrogen-bond acceptors (Lipinski definition) is 11. The summed E-state index contributed by atoms with van der Waals surface area (Å²) in [6, 6.07) is 16.9. The molecule has 0 aliphatic carbocycles. The second-order valence-corrected chi connectivity index (χ2v) is 13.1. The van der Waals surface area contributed by atoms with E-state index in [-0.39, 0.29) is 5.78 Å². The highest BCUT2D eigenvalue weighted by Gasteiger charge is 2.21. The lowest BCUT2D eigenvalue weighted by Gasteiger charge is -2.25. The third-order valence-electron chi connectivity index (χ3n) is 7.80. The first-order valence-corrected chi connectivity index (χ1v) is 16.6. The number of hydrogen-bond donors (Lipinski definition) is 1. The summed E-state index contributed by atoms with van der Waals surface area (Å²) in [7, 11) is 1.57. The number of fused-ring (bicyclic) bond motifs is 2. The maximum Gasteiger partial charge on any atom is 0.435 e. The van der Waals surface area contributed by atoms with Gasteiger partial charge in [0.05, 0.1) is 50.0 Å². The maximum atomic E-state index is 12.9.